The lowest BCUT2D eigenvalue weighted by Gasteiger charge is -2.19. The molecule has 2 aromatic rings. The molecule has 0 aliphatic carbocycles. The number of imidazole rings is 1. The Bertz CT molecular complexity index is 1030. The molecule has 12 heteroatoms. The van der Waals surface area contributed by atoms with E-state index in [2.05, 4.69) is 10.3 Å². The molecule has 2 atom stereocenters. The molecule has 3 heterocycles. The van der Waals surface area contributed by atoms with Crippen LogP contribution in [0.15, 0.2) is 18.3 Å². The molecule has 166 valence electrons. The summed E-state index contributed by atoms with van der Waals surface area (Å²) in [7, 11) is 1.45. The van der Waals surface area contributed by atoms with E-state index in [0.717, 1.165) is 4.90 Å². The summed E-state index contributed by atoms with van der Waals surface area (Å²) in [6, 6.07) is 1.32. The van der Waals surface area contributed by atoms with Crippen LogP contribution < -0.4 is 25.4 Å². The van der Waals surface area contributed by atoms with Crippen LogP contribution >= 0.6 is 0 Å². The van der Waals surface area contributed by atoms with Crippen LogP contribution in [0.3, 0.4) is 0 Å². The number of carbonyl (C=O) groups is 2. The first-order valence-corrected chi connectivity index (χ1v) is 9.53. The minimum absolute atomic E-state index is 0.0687. The Morgan fingerprint density at radius 1 is 1.39 bits per heavy atom. The number of fused-ring (bicyclic) bond motifs is 3. The standard InChI is InChI=1S/C19H21F2N5O5/c1-9(17(22)27)23-11-4-3-10-14(15(11)29-2)30-6-5-25-7-13(24-18(10)25)26-12(16(20)21)8-31-19(26)28/h3-4,7,9,12,16,23H,5-6,8H2,1-2H3,(H2,22,27)/t9-,12-/m0/s1. The van der Waals surface area contributed by atoms with Gasteiger partial charge in [-0.3, -0.25) is 4.79 Å². The Kier molecular flexibility index (Phi) is 5.29. The van der Waals surface area contributed by atoms with Crippen molar-refractivity contribution in [3.63, 3.8) is 0 Å². The first-order valence-electron chi connectivity index (χ1n) is 9.53. The molecule has 4 rings (SSSR count). The summed E-state index contributed by atoms with van der Waals surface area (Å²) in [5.74, 6) is 0.662. The van der Waals surface area contributed by atoms with Crippen LogP contribution in [-0.4, -0.2) is 60.4 Å². The van der Waals surface area contributed by atoms with Crippen molar-refractivity contribution < 1.29 is 32.6 Å². The van der Waals surface area contributed by atoms with Crippen molar-refractivity contribution in [2.45, 2.75) is 32.0 Å². The fourth-order valence-electron chi connectivity index (χ4n) is 3.54. The predicted octanol–water partition coefficient (Wildman–Crippen LogP) is 1.83. The number of cyclic esters (lactones) is 1. The third-order valence-corrected chi connectivity index (χ3v) is 5.14. The van der Waals surface area contributed by atoms with Gasteiger partial charge in [0.05, 0.1) is 24.9 Å². The summed E-state index contributed by atoms with van der Waals surface area (Å²) in [6.45, 7) is 1.81. The zero-order chi connectivity index (χ0) is 22.3. The van der Waals surface area contributed by atoms with E-state index in [1.54, 1.807) is 23.6 Å². The number of nitrogens with one attached hydrogen (secondary N) is 1. The second-order valence-electron chi connectivity index (χ2n) is 7.10. The van der Waals surface area contributed by atoms with Crippen LogP contribution in [0, 0.1) is 0 Å². The number of anilines is 2. The molecule has 1 aromatic heterocycles. The van der Waals surface area contributed by atoms with E-state index in [1.165, 1.54) is 13.3 Å². The largest absolute Gasteiger partial charge is 0.491 e. The van der Waals surface area contributed by atoms with E-state index < -0.39 is 37.1 Å². The first-order chi connectivity index (χ1) is 14.8. The maximum Gasteiger partial charge on any atom is 0.416 e. The van der Waals surface area contributed by atoms with Gasteiger partial charge in [0, 0.05) is 6.20 Å². The van der Waals surface area contributed by atoms with Gasteiger partial charge in [-0.2, -0.15) is 0 Å². The summed E-state index contributed by atoms with van der Waals surface area (Å²) >= 11 is 0. The summed E-state index contributed by atoms with van der Waals surface area (Å²) in [5.41, 5.74) is 6.36. The van der Waals surface area contributed by atoms with E-state index in [4.69, 9.17) is 19.9 Å². The van der Waals surface area contributed by atoms with Gasteiger partial charge in [0.25, 0.3) is 6.43 Å². The van der Waals surface area contributed by atoms with E-state index in [0.29, 0.717) is 35.1 Å². The summed E-state index contributed by atoms with van der Waals surface area (Å²) in [5, 5.41) is 2.97. The molecule has 0 saturated carbocycles. The molecule has 10 nitrogen and oxygen atoms in total. The number of halogens is 2. The van der Waals surface area contributed by atoms with Crippen molar-refractivity contribution in [3.8, 4) is 22.9 Å². The molecule has 2 amide bonds. The monoisotopic (exact) mass is 437 g/mol. The second-order valence-corrected chi connectivity index (χ2v) is 7.10. The number of carbonyl (C=O) groups excluding carboxylic acids is 2. The zero-order valence-electron chi connectivity index (χ0n) is 16.8. The van der Waals surface area contributed by atoms with Crippen molar-refractivity contribution in [1.82, 2.24) is 9.55 Å². The lowest BCUT2D eigenvalue weighted by atomic mass is 10.1. The molecule has 3 N–H and O–H groups in total. The minimum atomic E-state index is -2.77. The lowest BCUT2D eigenvalue weighted by molar-refractivity contribution is -0.118. The maximum absolute atomic E-state index is 13.4. The van der Waals surface area contributed by atoms with Gasteiger partial charge in [-0.15, -0.1) is 0 Å². The average molecular weight is 437 g/mol. The number of ether oxygens (including phenoxy) is 3. The molecule has 0 bridgehead atoms. The lowest BCUT2D eigenvalue weighted by Crippen LogP contribution is -2.38. The molecule has 2 aliphatic rings. The quantitative estimate of drug-likeness (QED) is 0.707. The number of benzene rings is 1. The summed E-state index contributed by atoms with van der Waals surface area (Å²) in [6.07, 6.45) is -2.12. The third kappa shape index (κ3) is 3.57. The number of nitrogens with two attached hydrogens (primary N) is 1. The fourth-order valence-corrected chi connectivity index (χ4v) is 3.54. The van der Waals surface area contributed by atoms with Crippen molar-refractivity contribution in [2.24, 2.45) is 5.73 Å². The molecule has 0 spiro atoms. The minimum Gasteiger partial charge on any atom is -0.491 e. The number of methoxy groups -OCH3 is 1. The van der Waals surface area contributed by atoms with E-state index in [9.17, 15) is 18.4 Å². The van der Waals surface area contributed by atoms with Crippen LogP contribution in [0.2, 0.25) is 0 Å². The highest BCUT2D eigenvalue weighted by Crippen LogP contribution is 2.45. The van der Waals surface area contributed by atoms with Crippen molar-refractivity contribution in [3.05, 3.63) is 18.3 Å². The van der Waals surface area contributed by atoms with Gasteiger partial charge in [-0.1, -0.05) is 0 Å². The fraction of sp³-hybridized carbons (Fsp3) is 0.421. The van der Waals surface area contributed by atoms with Crippen LogP contribution in [-0.2, 0) is 16.1 Å². The average Bonchev–Trinajstić information content (AvgIpc) is 3.27. The SMILES string of the molecule is COc1c(N[C@@H](C)C(N)=O)ccc2c1OCCn1cc(N3C(=O)OC[C@H]3C(F)F)nc1-2. The van der Waals surface area contributed by atoms with Gasteiger partial charge in [0.15, 0.2) is 17.3 Å². The highest BCUT2D eigenvalue weighted by atomic mass is 19.3. The van der Waals surface area contributed by atoms with Gasteiger partial charge >= 0.3 is 6.09 Å². The Morgan fingerprint density at radius 3 is 2.84 bits per heavy atom. The molecule has 0 radical (unpaired) electrons. The highest BCUT2D eigenvalue weighted by molar-refractivity contribution is 5.90. The third-order valence-electron chi connectivity index (χ3n) is 5.14. The van der Waals surface area contributed by atoms with Gasteiger partial charge in [-0.25, -0.2) is 23.5 Å². The van der Waals surface area contributed by atoms with Gasteiger partial charge in [0.1, 0.15) is 31.1 Å². The number of primary amides is 1. The van der Waals surface area contributed by atoms with Crippen molar-refractivity contribution in [1.29, 1.82) is 0 Å². The maximum atomic E-state index is 13.4. The van der Waals surface area contributed by atoms with Crippen LogP contribution in [0.25, 0.3) is 11.4 Å². The van der Waals surface area contributed by atoms with E-state index >= 15 is 0 Å². The predicted molar refractivity (Wildman–Crippen MR) is 106 cm³/mol. The molecule has 1 saturated heterocycles. The number of amides is 2. The molecule has 31 heavy (non-hydrogen) atoms. The van der Waals surface area contributed by atoms with Crippen molar-refractivity contribution >= 4 is 23.5 Å². The molecule has 1 aromatic carbocycles. The number of alkyl halides is 2. The van der Waals surface area contributed by atoms with Gasteiger partial charge in [-0.05, 0) is 19.1 Å². The number of rotatable bonds is 6. The molecule has 0 unspecified atom stereocenters. The Labute approximate surface area is 175 Å². The highest BCUT2D eigenvalue weighted by Gasteiger charge is 2.42. The topological polar surface area (TPSA) is 121 Å². The molecule has 1 fully saturated rings. The van der Waals surface area contributed by atoms with Gasteiger partial charge in [0.2, 0.25) is 5.91 Å². The van der Waals surface area contributed by atoms with E-state index in [1.807, 2.05) is 0 Å². The van der Waals surface area contributed by atoms with E-state index in [-0.39, 0.29) is 12.4 Å². The number of nitrogens with zero attached hydrogens (tertiary/aromatic N) is 3. The van der Waals surface area contributed by atoms with Crippen LogP contribution in [0.5, 0.6) is 11.5 Å². The zero-order valence-corrected chi connectivity index (χ0v) is 16.8. The molecular weight excluding hydrogens is 416 g/mol. The smallest absolute Gasteiger partial charge is 0.416 e. The second kappa shape index (κ2) is 7.93. The number of hydrogen-bond donors (Lipinski definition) is 2. The Balaban J connectivity index is 1.76. The molecular formula is C19H21F2N5O5. The van der Waals surface area contributed by atoms with Crippen LogP contribution in [0.4, 0.5) is 25.1 Å². The number of hydrogen-bond acceptors (Lipinski definition) is 7. The Hall–Kier alpha value is -3.57. The van der Waals surface area contributed by atoms with Crippen LogP contribution in [0.1, 0.15) is 6.92 Å². The Morgan fingerprint density at radius 2 is 2.16 bits per heavy atom. The number of aromatic nitrogens is 2. The van der Waals surface area contributed by atoms with Crippen molar-refractivity contribution in [2.75, 3.05) is 30.5 Å². The summed E-state index contributed by atoms with van der Waals surface area (Å²) < 4.78 is 44.6. The molecule has 2 aliphatic heterocycles. The summed E-state index contributed by atoms with van der Waals surface area (Å²) in [4.78, 5) is 28.8. The first kappa shape index (κ1) is 20.7. The normalized spacial score (nSPS) is 18.5. The van der Waals surface area contributed by atoms with Gasteiger partial charge < -0.3 is 29.8 Å².